The van der Waals surface area contributed by atoms with Crippen molar-refractivity contribution in [3.05, 3.63) is 52.3 Å². The maximum atomic E-state index is 12.5. The van der Waals surface area contributed by atoms with Gasteiger partial charge < -0.3 is 9.64 Å². The number of hydrogen-bond donors (Lipinski definition) is 0. The summed E-state index contributed by atoms with van der Waals surface area (Å²) in [5.74, 6) is 0.851. The predicted molar refractivity (Wildman–Crippen MR) is 108 cm³/mol. The average molecular weight is 388 g/mol. The summed E-state index contributed by atoms with van der Waals surface area (Å²) >= 11 is 6.54. The molecule has 1 saturated heterocycles. The molecule has 0 radical (unpaired) electrons. The number of methoxy groups -OCH3 is 1. The van der Waals surface area contributed by atoms with Crippen molar-refractivity contribution in [1.29, 1.82) is 0 Å². The molecule has 3 rings (SSSR count). The van der Waals surface area contributed by atoms with Crippen LogP contribution in [0.25, 0.3) is 6.08 Å². The van der Waals surface area contributed by atoms with Gasteiger partial charge in [0.15, 0.2) is 0 Å². The first-order chi connectivity index (χ1) is 13.1. The zero-order valence-corrected chi connectivity index (χ0v) is 16.7. The predicted octanol–water partition coefficient (Wildman–Crippen LogP) is 4.32. The molecule has 1 aliphatic heterocycles. The first-order valence-electron chi connectivity index (χ1n) is 9.41. The van der Waals surface area contributed by atoms with Crippen LogP contribution in [0.1, 0.15) is 42.5 Å². The minimum Gasteiger partial charge on any atom is -0.497 e. The molecule has 0 aliphatic carbocycles. The van der Waals surface area contributed by atoms with Gasteiger partial charge in [-0.1, -0.05) is 36.6 Å². The SMILES string of the molecule is COc1cccc(Cn2nc(C)c(C=CC(=O)N3CCCCCC3)c2Cl)c1. The van der Waals surface area contributed by atoms with E-state index < -0.39 is 0 Å². The molecule has 0 bridgehead atoms. The highest BCUT2D eigenvalue weighted by Crippen LogP contribution is 2.23. The smallest absolute Gasteiger partial charge is 0.246 e. The number of carbonyl (C=O) groups is 1. The number of nitrogens with zero attached hydrogens (tertiary/aromatic N) is 3. The van der Waals surface area contributed by atoms with Crippen LogP contribution in [0, 0.1) is 6.92 Å². The van der Waals surface area contributed by atoms with E-state index in [-0.39, 0.29) is 5.91 Å². The van der Waals surface area contributed by atoms with Crippen LogP contribution < -0.4 is 4.74 Å². The lowest BCUT2D eigenvalue weighted by molar-refractivity contribution is -0.125. The zero-order chi connectivity index (χ0) is 19.2. The number of benzene rings is 1. The molecule has 5 nitrogen and oxygen atoms in total. The number of rotatable bonds is 5. The second-order valence-corrected chi connectivity index (χ2v) is 7.23. The van der Waals surface area contributed by atoms with Crippen molar-refractivity contribution < 1.29 is 9.53 Å². The number of ether oxygens (including phenoxy) is 1. The summed E-state index contributed by atoms with van der Waals surface area (Å²) in [4.78, 5) is 14.4. The molecule has 0 spiro atoms. The van der Waals surface area contributed by atoms with Gasteiger partial charge >= 0.3 is 0 Å². The maximum absolute atomic E-state index is 12.5. The van der Waals surface area contributed by atoms with Gasteiger partial charge in [0.05, 0.1) is 19.3 Å². The summed E-state index contributed by atoms with van der Waals surface area (Å²) in [7, 11) is 1.65. The molecule has 1 fully saturated rings. The second kappa shape index (κ2) is 9.09. The summed E-state index contributed by atoms with van der Waals surface area (Å²) in [6, 6.07) is 7.82. The molecule has 1 aromatic carbocycles. The molecule has 144 valence electrons. The van der Waals surface area contributed by atoms with E-state index in [2.05, 4.69) is 5.10 Å². The van der Waals surface area contributed by atoms with Gasteiger partial charge in [-0.05, 0) is 43.5 Å². The molecule has 0 saturated carbocycles. The molecule has 6 heteroatoms. The van der Waals surface area contributed by atoms with Crippen molar-refractivity contribution in [2.24, 2.45) is 0 Å². The molecular formula is C21H26ClN3O2. The Labute approximate surface area is 165 Å². The highest BCUT2D eigenvalue weighted by Gasteiger charge is 2.15. The first-order valence-corrected chi connectivity index (χ1v) is 9.79. The molecule has 2 heterocycles. The maximum Gasteiger partial charge on any atom is 0.246 e. The second-order valence-electron chi connectivity index (χ2n) is 6.87. The van der Waals surface area contributed by atoms with E-state index in [0.29, 0.717) is 11.7 Å². The number of halogens is 1. The zero-order valence-electron chi connectivity index (χ0n) is 15.9. The Morgan fingerprint density at radius 3 is 2.70 bits per heavy atom. The number of likely N-dealkylation sites (tertiary alicyclic amines) is 1. The lowest BCUT2D eigenvalue weighted by atomic mass is 10.2. The Balaban J connectivity index is 1.73. The van der Waals surface area contributed by atoms with E-state index in [4.69, 9.17) is 16.3 Å². The van der Waals surface area contributed by atoms with Crippen molar-refractivity contribution in [3.8, 4) is 5.75 Å². The van der Waals surface area contributed by atoms with Gasteiger partial charge in [0.25, 0.3) is 0 Å². The van der Waals surface area contributed by atoms with E-state index in [9.17, 15) is 4.79 Å². The Morgan fingerprint density at radius 1 is 1.26 bits per heavy atom. The molecule has 2 aromatic rings. The molecule has 1 amide bonds. The van der Waals surface area contributed by atoms with Crippen LogP contribution in [-0.4, -0.2) is 40.8 Å². The highest BCUT2D eigenvalue weighted by atomic mass is 35.5. The van der Waals surface area contributed by atoms with Crippen LogP contribution in [0.5, 0.6) is 5.75 Å². The minimum atomic E-state index is 0.0490. The summed E-state index contributed by atoms with van der Waals surface area (Å²) in [6.07, 6.45) is 7.98. The fraction of sp³-hybridized carbons (Fsp3) is 0.429. The normalized spacial score (nSPS) is 15.1. The summed E-state index contributed by atoms with van der Waals surface area (Å²) in [5, 5.41) is 5.07. The van der Waals surface area contributed by atoms with Crippen LogP contribution >= 0.6 is 11.6 Å². The van der Waals surface area contributed by atoms with Crippen LogP contribution in [0.15, 0.2) is 30.3 Å². The molecule has 0 unspecified atom stereocenters. The number of hydrogen-bond acceptors (Lipinski definition) is 3. The molecule has 0 N–H and O–H groups in total. The largest absolute Gasteiger partial charge is 0.497 e. The van der Waals surface area contributed by atoms with Crippen LogP contribution in [-0.2, 0) is 11.3 Å². The van der Waals surface area contributed by atoms with Crippen molar-refractivity contribution in [2.75, 3.05) is 20.2 Å². The Bertz CT molecular complexity index is 821. The van der Waals surface area contributed by atoms with Gasteiger partial charge in [-0.15, -0.1) is 0 Å². The molecule has 27 heavy (non-hydrogen) atoms. The van der Waals surface area contributed by atoms with Crippen molar-refractivity contribution in [2.45, 2.75) is 39.2 Å². The average Bonchev–Trinajstić information content (AvgIpc) is 2.87. The number of aromatic nitrogens is 2. The standard InChI is InChI=1S/C21H26ClN3O2/c1-16-19(10-11-20(26)24-12-5-3-4-6-13-24)21(22)25(23-16)15-17-8-7-9-18(14-17)27-2/h7-11,14H,3-6,12-13,15H2,1-2H3. The van der Waals surface area contributed by atoms with E-state index in [0.717, 1.165) is 48.5 Å². The molecule has 1 aromatic heterocycles. The number of amides is 1. The monoisotopic (exact) mass is 387 g/mol. The van der Waals surface area contributed by atoms with Crippen molar-refractivity contribution >= 4 is 23.6 Å². The molecular weight excluding hydrogens is 362 g/mol. The van der Waals surface area contributed by atoms with Crippen LogP contribution in [0.3, 0.4) is 0 Å². The van der Waals surface area contributed by atoms with Crippen molar-refractivity contribution in [1.82, 2.24) is 14.7 Å². The van der Waals surface area contributed by atoms with E-state index in [1.807, 2.05) is 36.1 Å². The first kappa shape index (κ1) is 19.5. The summed E-state index contributed by atoms with van der Waals surface area (Å²) in [6.45, 7) is 4.13. The van der Waals surface area contributed by atoms with Crippen molar-refractivity contribution in [3.63, 3.8) is 0 Å². The van der Waals surface area contributed by atoms with Gasteiger partial charge in [-0.25, -0.2) is 4.68 Å². The van der Waals surface area contributed by atoms with Crippen LogP contribution in [0.4, 0.5) is 0 Å². The fourth-order valence-corrected chi connectivity index (χ4v) is 3.65. The van der Waals surface area contributed by atoms with Gasteiger partial charge in [0.2, 0.25) is 5.91 Å². The molecule has 0 atom stereocenters. The van der Waals surface area contributed by atoms with Gasteiger partial charge in [-0.2, -0.15) is 5.10 Å². The van der Waals surface area contributed by atoms with Gasteiger partial charge in [0.1, 0.15) is 10.9 Å². The highest BCUT2D eigenvalue weighted by molar-refractivity contribution is 6.31. The van der Waals surface area contributed by atoms with Gasteiger partial charge in [-0.3, -0.25) is 4.79 Å². The summed E-state index contributed by atoms with van der Waals surface area (Å²) in [5.41, 5.74) is 2.65. The van der Waals surface area contributed by atoms with E-state index >= 15 is 0 Å². The number of carbonyl (C=O) groups excluding carboxylic acids is 1. The lowest BCUT2D eigenvalue weighted by Gasteiger charge is -2.17. The lowest BCUT2D eigenvalue weighted by Crippen LogP contribution is -2.30. The summed E-state index contributed by atoms with van der Waals surface area (Å²) < 4.78 is 7.02. The minimum absolute atomic E-state index is 0.0490. The fourth-order valence-electron chi connectivity index (χ4n) is 3.36. The van der Waals surface area contributed by atoms with E-state index in [1.165, 1.54) is 12.8 Å². The Morgan fingerprint density at radius 2 is 2.00 bits per heavy atom. The number of aryl methyl sites for hydroxylation is 1. The van der Waals surface area contributed by atoms with E-state index in [1.54, 1.807) is 23.9 Å². The third-order valence-corrected chi connectivity index (χ3v) is 5.28. The third kappa shape index (κ3) is 4.92. The Hall–Kier alpha value is -2.27. The third-order valence-electron chi connectivity index (χ3n) is 4.89. The Kier molecular flexibility index (Phi) is 6.56. The van der Waals surface area contributed by atoms with Gasteiger partial charge in [0, 0.05) is 24.7 Å². The van der Waals surface area contributed by atoms with Crippen LogP contribution in [0.2, 0.25) is 5.15 Å². The quantitative estimate of drug-likeness (QED) is 0.718. The topological polar surface area (TPSA) is 47.4 Å². The molecule has 1 aliphatic rings.